The van der Waals surface area contributed by atoms with Crippen molar-refractivity contribution in [3.63, 3.8) is 0 Å². The second-order valence-electron chi connectivity index (χ2n) is 5.66. The molecule has 1 aromatic heterocycles. The number of rotatable bonds is 7. The Kier molecular flexibility index (Phi) is 5.91. The van der Waals surface area contributed by atoms with Gasteiger partial charge in [-0.25, -0.2) is 9.97 Å². The van der Waals surface area contributed by atoms with Crippen LogP contribution in [0.25, 0.3) is 0 Å². The minimum Gasteiger partial charge on any atom is -0.497 e. The van der Waals surface area contributed by atoms with Gasteiger partial charge in [0, 0.05) is 17.4 Å². The Morgan fingerprint density at radius 1 is 0.821 bits per heavy atom. The van der Waals surface area contributed by atoms with Crippen LogP contribution in [0, 0.1) is 0 Å². The maximum atomic E-state index is 12.4. The SMILES string of the molecule is COc1ccc(Nc2cnc(C(=O)Nc3ccc(OC)c(OC)c3)cn2)cc1. The summed E-state index contributed by atoms with van der Waals surface area (Å²) in [6, 6.07) is 12.5. The molecule has 0 aliphatic carbocycles. The molecule has 0 aliphatic rings. The van der Waals surface area contributed by atoms with Gasteiger partial charge in [0.2, 0.25) is 0 Å². The van der Waals surface area contributed by atoms with Crippen molar-refractivity contribution in [2.45, 2.75) is 0 Å². The molecule has 0 aliphatic heterocycles. The van der Waals surface area contributed by atoms with Gasteiger partial charge in [-0.15, -0.1) is 0 Å². The number of carbonyl (C=O) groups is 1. The summed E-state index contributed by atoms with van der Waals surface area (Å²) in [4.78, 5) is 20.8. The molecule has 0 radical (unpaired) electrons. The zero-order valence-corrected chi connectivity index (χ0v) is 15.7. The second kappa shape index (κ2) is 8.72. The number of nitrogens with one attached hydrogen (secondary N) is 2. The topological polar surface area (TPSA) is 94.6 Å². The quantitative estimate of drug-likeness (QED) is 0.648. The Morgan fingerprint density at radius 2 is 1.54 bits per heavy atom. The van der Waals surface area contributed by atoms with Gasteiger partial charge in [0.05, 0.1) is 33.7 Å². The van der Waals surface area contributed by atoms with Crippen LogP contribution in [0.1, 0.15) is 10.5 Å². The molecule has 8 nitrogen and oxygen atoms in total. The molecule has 0 saturated carbocycles. The van der Waals surface area contributed by atoms with E-state index in [0.717, 1.165) is 11.4 Å². The summed E-state index contributed by atoms with van der Waals surface area (Å²) >= 11 is 0. The predicted molar refractivity (Wildman–Crippen MR) is 106 cm³/mol. The first-order valence-electron chi connectivity index (χ1n) is 8.39. The maximum absolute atomic E-state index is 12.4. The molecule has 0 spiro atoms. The van der Waals surface area contributed by atoms with Crippen molar-refractivity contribution in [1.82, 2.24) is 9.97 Å². The molecule has 8 heteroatoms. The molecule has 0 saturated heterocycles. The summed E-state index contributed by atoms with van der Waals surface area (Å²) in [6.45, 7) is 0. The zero-order valence-electron chi connectivity index (χ0n) is 15.7. The number of carbonyl (C=O) groups excluding carboxylic acids is 1. The van der Waals surface area contributed by atoms with Crippen LogP contribution in [0.2, 0.25) is 0 Å². The van der Waals surface area contributed by atoms with Crippen LogP contribution in [0.5, 0.6) is 17.2 Å². The van der Waals surface area contributed by atoms with Crippen LogP contribution in [0.3, 0.4) is 0 Å². The van der Waals surface area contributed by atoms with E-state index in [1.807, 2.05) is 24.3 Å². The summed E-state index contributed by atoms with van der Waals surface area (Å²) in [6.07, 6.45) is 2.90. The van der Waals surface area contributed by atoms with Crippen molar-refractivity contribution in [3.8, 4) is 17.2 Å². The highest BCUT2D eigenvalue weighted by molar-refractivity contribution is 6.02. The van der Waals surface area contributed by atoms with Gasteiger partial charge in [-0.3, -0.25) is 4.79 Å². The van der Waals surface area contributed by atoms with Gasteiger partial charge in [0.1, 0.15) is 17.3 Å². The predicted octanol–water partition coefficient (Wildman–Crippen LogP) is 3.50. The van der Waals surface area contributed by atoms with Gasteiger partial charge in [0.15, 0.2) is 11.5 Å². The molecule has 2 N–H and O–H groups in total. The van der Waals surface area contributed by atoms with Crippen molar-refractivity contribution in [2.75, 3.05) is 32.0 Å². The molecule has 3 rings (SSSR count). The number of hydrogen-bond acceptors (Lipinski definition) is 7. The highest BCUT2D eigenvalue weighted by atomic mass is 16.5. The largest absolute Gasteiger partial charge is 0.497 e. The van der Waals surface area contributed by atoms with E-state index in [-0.39, 0.29) is 11.6 Å². The fourth-order valence-corrected chi connectivity index (χ4v) is 2.44. The smallest absolute Gasteiger partial charge is 0.275 e. The lowest BCUT2D eigenvalue weighted by molar-refractivity contribution is 0.102. The molecule has 0 bridgehead atoms. The van der Waals surface area contributed by atoms with Gasteiger partial charge in [-0.1, -0.05) is 0 Å². The normalized spacial score (nSPS) is 10.1. The highest BCUT2D eigenvalue weighted by Crippen LogP contribution is 2.29. The maximum Gasteiger partial charge on any atom is 0.275 e. The number of aromatic nitrogens is 2. The summed E-state index contributed by atoms with van der Waals surface area (Å²) in [5.74, 6) is 2.00. The molecule has 28 heavy (non-hydrogen) atoms. The highest BCUT2D eigenvalue weighted by Gasteiger charge is 2.11. The average Bonchev–Trinajstić information content (AvgIpc) is 2.74. The minimum absolute atomic E-state index is 0.190. The van der Waals surface area contributed by atoms with Crippen LogP contribution in [-0.2, 0) is 0 Å². The molecule has 1 amide bonds. The minimum atomic E-state index is -0.379. The number of hydrogen-bond donors (Lipinski definition) is 2. The van der Waals surface area contributed by atoms with Gasteiger partial charge in [-0.2, -0.15) is 0 Å². The first-order chi connectivity index (χ1) is 13.6. The third-order valence-electron chi connectivity index (χ3n) is 3.89. The Bertz CT molecular complexity index is 943. The molecular formula is C20H20N4O4. The standard InChI is InChI=1S/C20H20N4O4/c1-26-15-7-4-13(5-8-15)23-19-12-21-16(11-22-19)20(25)24-14-6-9-17(27-2)18(10-14)28-3/h4-12H,1-3H3,(H,22,23)(H,24,25). The van der Waals surface area contributed by atoms with E-state index < -0.39 is 0 Å². The molecule has 0 atom stereocenters. The van der Waals surface area contributed by atoms with E-state index in [1.165, 1.54) is 19.5 Å². The van der Waals surface area contributed by atoms with Gasteiger partial charge < -0.3 is 24.8 Å². The molecule has 144 valence electrons. The van der Waals surface area contributed by atoms with Gasteiger partial charge >= 0.3 is 0 Å². The Hall–Kier alpha value is -3.81. The Morgan fingerprint density at radius 3 is 2.14 bits per heavy atom. The fourth-order valence-electron chi connectivity index (χ4n) is 2.44. The van der Waals surface area contributed by atoms with E-state index in [0.29, 0.717) is 23.0 Å². The summed E-state index contributed by atoms with van der Waals surface area (Å²) in [5.41, 5.74) is 1.58. The number of ether oxygens (including phenoxy) is 3. The van der Waals surface area contributed by atoms with Crippen molar-refractivity contribution in [3.05, 3.63) is 60.6 Å². The zero-order chi connectivity index (χ0) is 19.9. The van der Waals surface area contributed by atoms with Crippen molar-refractivity contribution < 1.29 is 19.0 Å². The summed E-state index contributed by atoms with van der Waals surface area (Å²) in [5, 5.41) is 5.86. The summed E-state index contributed by atoms with van der Waals surface area (Å²) in [7, 11) is 4.69. The van der Waals surface area contributed by atoms with Crippen LogP contribution >= 0.6 is 0 Å². The number of nitrogens with zero attached hydrogens (tertiary/aromatic N) is 2. The Labute approximate surface area is 162 Å². The molecule has 2 aromatic carbocycles. The monoisotopic (exact) mass is 380 g/mol. The van der Waals surface area contributed by atoms with Crippen molar-refractivity contribution in [1.29, 1.82) is 0 Å². The third-order valence-corrected chi connectivity index (χ3v) is 3.89. The summed E-state index contributed by atoms with van der Waals surface area (Å²) < 4.78 is 15.5. The average molecular weight is 380 g/mol. The lowest BCUT2D eigenvalue weighted by atomic mass is 10.2. The van der Waals surface area contributed by atoms with Gasteiger partial charge in [-0.05, 0) is 36.4 Å². The van der Waals surface area contributed by atoms with E-state index in [4.69, 9.17) is 14.2 Å². The van der Waals surface area contributed by atoms with Crippen LogP contribution in [-0.4, -0.2) is 37.2 Å². The lowest BCUT2D eigenvalue weighted by Gasteiger charge is -2.10. The third kappa shape index (κ3) is 4.47. The molecule has 1 heterocycles. The number of methoxy groups -OCH3 is 3. The fraction of sp³-hybridized carbons (Fsp3) is 0.150. The first kappa shape index (κ1) is 19.0. The number of anilines is 3. The van der Waals surface area contributed by atoms with Crippen LogP contribution in [0.4, 0.5) is 17.2 Å². The molecule has 0 unspecified atom stereocenters. The van der Waals surface area contributed by atoms with E-state index >= 15 is 0 Å². The second-order valence-corrected chi connectivity index (χ2v) is 5.66. The van der Waals surface area contributed by atoms with Crippen molar-refractivity contribution in [2.24, 2.45) is 0 Å². The number of amides is 1. The van der Waals surface area contributed by atoms with E-state index in [2.05, 4.69) is 20.6 Å². The molecule has 0 fully saturated rings. The number of benzene rings is 2. The Balaban J connectivity index is 1.66. The lowest BCUT2D eigenvalue weighted by Crippen LogP contribution is -2.14. The first-order valence-corrected chi connectivity index (χ1v) is 8.39. The molecular weight excluding hydrogens is 360 g/mol. The van der Waals surface area contributed by atoms with Crippen LogP contribution < -0.4 is 24.8 Å². The van der Waals surface area contributed by atoms with Crippen LogP contribution in [0.15, 0.2) is 54.9 Å². The van der Waals surface area contributed by atoms with Crippen molar-refractivity contribution >= 4 is 23.1 Å². The van der Waals surface area contributed by atoms with E-state index in [1.54, 1.807) is 32.4 Å². The van der Waals surface area contributed by atoms with Gasteiger partial charge in [0.25, 0.3) is 5.91 Å². The van der Waals surface area contributed by atoms with E-state index in [9.17, 15) is 4.79 Å². The molecule has 3 aromatic rings.